The smallest absolute Gasteiger partial charge is 0.144 e. The van der Waals surface area contributed by atoms with Crippen LogP contribution in [0.25, 0.3) is 0 Å². The number of hydrogen-bond donors (Lipinski definition) is 3. The van der Waals surface area contributed by atoms with E-state index < -0.39 is 0 Å². The number of benzene rings is 1. The van der Waals surface area contributed by atoms with E-state index in [0.717, 1.165) is 38.5 Å². The Bertz CT molecular complexity index is 481. The highest BCUT2D eigenvalue weighted by Crippen LogP contribution is 2.34. The number of hydrogen-bond acceptors (Lipinski definition) is 3. The number of halogens is 3. The van der Waals surface area contributed by atoms with Gasteiger partial charge in [0.2, 0.25) is 0 Å². The number of anilines is 1. The molecule has 20 heavy (non-hydrogen) atoms. The molecule has 0 amide bonds. The topological polar surface area (TPSA) is 70.6 Å². The molecular formula is C13H18Br3N3O. The van der Waals surface area contributed by atoms with Crippen molar-refractivity contribution in [3.63, 3.8) is 0 Å². The average molecular weight is 472 g/mol. The van der Waals surface area contributed by atoms with Crippen molar-refractivity contribution in [1.82, 2.24) is 0 Å². The van der Waals surface area contributed by atoms with Gasteiger partial charge < -0.3 is 16.3 Å². The summed E-state index contributed by atoms with van der Waals surface area (Å²) >= 11 is 10.5. The predicted molar refractivity (Wildman–Crippen MR) is 94.5 cm³/mol. The van der Waals surface area contributed by atoms with Crippen molar-refractivity contribution >= 4 is 59.3 Å². The van der Waals surface area contributed by atoms with Gasteiger partial charge in [0, 0.05) is 25.4 Å². The molecule has 1 aromatic rings. The summed E-state index contributed by atoms with van der Waals surface area (Å²) in [5.41, 5.74) is 6.39. The van der Waals surface area contributed by atoms with Crippen LogP contribution in [0.1, 0.15) is 26.7 Å². The van der Waals surface area contributed by atoms with Crippen molar-refractivity contribution in [2.24, 2.45) is 16.3 Å². The zero-order valence-electron chi connectivity index (χ0n) is 11.4. The Hall–Kier alpha value is -0.270. The summed E-state index contributed by atoms with van der Waals surface area (Å²) in [6, 6.07) is 3.99. The fraction of sp³-hybridized carbons (Fsp3) is 0.462. The lowest BCUT2D eigenvalue weighted by molar-refractivity contribution is 0.305. The molecule has 0 atom stereocenters. The van der Waals surface area contributed by atoms with Gasteiger partial charge in [0.25, 0.3) is 0 Å². The third kappa shape index (κ3) is 4.93. The van der Waals surface area contributed by atoms with Crippen LogP contribution in [0.2, 0.25) is 0 Å². The summed E-state index contributed by atoms with van der Waals surface area (Å²) in [6.45, 7) is 4.74. The van der Waals surface area contributed by atoms with Crippen LogP contribution < -0.4 is 11.1 Å². The normalized spacial score (nSPS) is 12.6. The van der Waals surface area contributed by atoms with Crippen molar-refractivity contribution in [3.8, 4) is 0 Å². The van der Waals surface area contributed by atoms with Crippen molar-refractivity contribution in [1.29, 1.82) is 0 Å². The lowest BCUT2D eigenvalue weighted by Gasteiger charge is -2.23. The first-order valence-corrected chi connectivity index (χ1v) is 8.52. The standard InChI is InChI=1S/C13H18Br3N3O/c1-13(2,12(17)19-20)4-3-5-18-11-9(15)6-8(14)7-10(11)16/h6-7,18,20H,3-5H2,1-2H3,(H2,17,19). The lowest BCUT2D eigenvalue weighted by atomic mass is 9.86. The quantitative estimate of drug-likeness (QED) is 0.181. The molecule has 1 aromatic carbocycles. The molecule has 0 radical (unpaired) electrons. The van der Waals surface area contributed by atoms with Crippen LogP contribution >= 0.6 is 47.8 Å². The van der Waals surface area contributed by atoms with Gasteiger partial charge in [0.1, 0.15) is 5.84 Å². The van der Waals surface area contributed by atoms with Crippen LogP contribution in [0, 0.1) is 5.41 Å². The van der Waals surface area contributed by atoms with Gasteiger partial charge in [-0.2, -0.15) is 0 Å². The van der Waals surface area contributed by atoms with Crippen molar-refractivity contribution < 1.29 is 5.21 Å². The molecule has 7 heteroatoms. The molecular weight excluding hydrogens is 454 g/mol. The van der Waals surface area contributed by atoms with Crippen molar-refractivity contribution in [2.45, 2.75) is 26.7 Å². The minimum atomic E-state index is -0.301. The molecule has 0 fully saturated rings. The maximum absolute atomic E-state index is 8.73. The third-order valence-corrected chi connectivity index (χ3v) is 4.80. The Balaban J connectivity index is 2.54. The molecule has 0 unspecified atom stereocenters. The maximum Gasteiger partial charge on any atom is 0.144 e. The van der Waals surface area contributed by atoms with Gasteiger partial charge in [-0.05, 0) is 56.8 Å². The molecule has 0 aromatic heterocycles. The van der Waals surface area contributed by atoms with Crippen LogP contribution in [0.4, 0.5) is 5.69 Å². The molecule has 112 valence electrons. The van der Waals surface area contributed by atoms with Crippen LogP contribution in [-0.2, 0) is 0 Å². The number of nitrogens with zero attached hydrogens (tertiary/aromatic N) is 1. The van der Waals surface area contributed by atoms with E-state index in [0.29, 0.717) is 0 Å². The van der Waals surface area contributed by atoms with E-state index in [-0.39, 0.29) is 11.3 Å². The molecule has 0 saturated heterocycles. The van der Waals surface area contributed by atoms with Crippen molar-refractivity contribution in [3.05, 3.63) is 25.6 Å². The first-order valence-electron chi connectivity index (χ1n) is 6.14. The number of oxime groups is 1. The molecule has 0 spiro atoms. The first-order chi connectivity index (χ1) is 9.27. The fourth-order valence-electron chi connectivity index (χ4n) is 1.72. The van der Waals surface area contributed by atoms with Gasteiger partial charge in [0.05, 0.1) is 5.69 Å². The maximum atomic E-state index is 8.73. The summed E-state index contributed by atoms with van der Waals surface area (Å²) in [5, 5.41) is 15.2. The van der Waals surface area contributed by atoms with Gasteiger partial charge in [0.15, 0.2) is 0 Å². The van der Waals surface area contributed by atoms with Crippen LogP contribution in [0.3, 0.4) is 0 Å². The van der Waals surface area contributed by atoms with Crippen LogP contribution in [-0.4, -0.2) is 17.6 Å². The molecule has 4 N–H and O–H groups in total. The number of nitrogens with two attached hydrogens (primary N) is 1. The van der Waals surface area contributed by atoms with E-state index >= 15 is 0 Å². The second kappa shape index (κ2) is 7.66. The molecule has 0 aliphatic rings. The Morgan fingerprint density at radius 3 is 2.35 bits per heavy atom. The van der Waals surface area contributed by atoms with Gasteiger partial charge >= 0.3 is 0 Å². The molecule has 0 aliphatic carbocycles. The van der Waals surface area contributed by atoms with E-state index in [2.05, 4.69) is 58.3 Å². The van der Waals surface area contributed by atoms with E-state index in [1.54, 1.807) is 0 Å². The lowest BCUT2D eigenvalue weighted by Crippen LogP contribution is -2.32. The van der Waals surface area contributed by atoms with E-state index in [1.807, 2.05) is 26.0 Å². The van der Waals surface area contributed by atoms with E-state index in [4.69, 9.17) is 10.9 Å². The highest BCUT2D eigenvalue weighted by molar-refractivity contribution is 9.11. The summed E-state index contributed by atoms with van der Waals surface area (Å²) < 4.78 is 3.00. The molecule has 0 heterocycles. The second-order valence-electron chi connectivity index (χ2n) is 5.14. The average Bonchev–Trinajstić information content (AvgIpc) is 2.35. The van der Waals surface area contributed by atoms with Gasteiger partial charge in [-0.25, -0.2) is 0 Å². The SMILES string of the molecule is CC(C)(CCCNc1c(Br)cc(Br)cc1Br)C(N)=NO. The van der Waals surface area contributed by atoms with Gasteiger partial charge in [-0.1, -0.05) is 34.9 Å². The highest BCUT2D eigenvalue weighted by Gasteiger charge is 2.22. The Kier molecular flexibility index (Phi) is 6.81. The van der Waals surface area contributed by atoms with Gasteiger partial charge in [-0.3, -0.25) is 0 Å². The number of amidine groups is 1. The summed E-state index contributed by atoms with van der Waals surface area (Å²) in [5.74, 6) is 0.267. The summed E-state index contributed by atoms with van der Waals surface area (Å²) in [6.07, 6.45) is 1.75. The van der Waals surface area contributed by atoms with E-state index in [9.17, 15) is 0 Å². The number of rotatable bonds is 6. The van der Waals surface area contributed by atoms with Crippen molar-refractivity contribution in [2.75, 3.05) is 11.9 Å². The molecule has 0 aliphatic heterocycles. The minimum Gasteiger partial charge on any atom is -0.409 e. The fourth-order valence-corrected chi connectivity index (χ4v) is 4.26. The van der Waals surface area contributed by atoms with Crippen LogP contribution in [0.15, 0.2) is 30.7 Å². The summed E-state index contributed by atoms with van der Waals surface area (Å²) in [4.78, 5) is 0. The van der Waals surface area contributed by atoms with Gasteiger partial charge in [-0.15, -0.1) is 0 Å². The molecule has 1 rings (SSSR count). The Morgan fingerprint density at radius 2 is 1.85 bits per heavy atom. The molecule has 0 saturated carbocycles. The largest absolute Gasteiger partial charge is 0.409 e. The predicted octanol–water partition coefficient (Wildman–Crippen LogP) is 4.94. The van der Waals surface area contributed by atoms with E-state index in [1.165, 1.54) is 0 Å². The monoisotopic (exact) mass is 469 g/mol. The molecule has 4 nitrogen and oxygen atoms in total. The molecule has 0 bridgehead atoms. The second-order valence-corrected chi connectivity index (χ2v) is 7.77. The first kappa shape index (κ1) is 17.8. The summed E-state index contributed by atoms with van der Waals surface area (Å²) in [7, 11) is 0. The third-order valence-electron chi connectivity index (χ3n) is 3.09. The zero-order chi connectivity index (χ0) is 15.3. The zero-order valence-corrected chi connectivity index (χ0v) is 16.1. The minimum absolute atomic E-state index is 0.267. The highest BCUT2D eigenvalue weighted by atomic mass is 79.9. The van der Waals surface area contributed by atoms with Crippen LogP contribution in [0.5, 0.6) is 0 Å². The Morgan fingerprint density at radius 1 is 1.30 bits per heavy atom. The number of nitrogens with one attached hydrogen (secondary N) is 1. The Labute approximate surface area is 144 Å².